The first-order chi connectivity index (χ1) is 10.2. The third-order valence-corrected chi connectivity index (χ3v) is 4.52. The number of anilines is 1. The Bertz CT molecular complexity index is 525. The number of likely N-dealkylation sites (N-methyl/N-ethyl adjacent to an activating group) is 1. The summed E-state index contributed by atoms with van der Waals surface area (Å²) in [6.45, 7) is 6.31. The van der Waals surface area contributed by atoms with Gasteiger partial charge < -0.3 is 10.2 Å². The zero-order valence-corrected chi connectivity index (χ0v) is 14.0. The van der Waals surface area contributed by atoms with Gasteiger partial charge in [0, 0.05) is 30.9 Å². The zero-order chi connectivity index (χ0) is 15.1. The molecule has 0 aliphatic carbocycles. The molecule has 3 nitrogen and oxygen atoms in total. The van der Waals surface area contributed by atoms with Crippen molar-refractivity contribution in [2.75, 3.05) is 18.5 Å². The quantitative estimate of drug-likeness (QED) is 0.754. The summed E-state index contributed by atoms with van der Waals surface area (Å²) in [6, 6.07) is 11.0. The first-order valence-corrected chi connectivity index (χ1v) is 8.50. The third kappa shape index (κ3) is 4.83. The van der Waals surface area contributed by atoms with Gasteiger partial charge in [-0.25, -0.2) is 4.98 Å². The maximum atomic E-state index is 4.76. The van der Waals surface area contributed by atoms with Crippen LogP contribution in [0.3, 0.4) is 0 Å². The second-order valence-electron chi connectivity index (χ2n) is 5.41. The summed E-state index contributed by atoms with van der Waals surface area (Å²) in [5.41, 5.74) is 1.11. The average molecular weight is 303 g/mol. The van der Waals surface area contributed by atoms with Crippen molar-refractivity contribution in [3.05, 3.63) is 46.3 Å². The summed E-state index contributed by atoms with van der Waals surface area (Å²) in [4.78, 5) is 8.45. The summed E-state index contributed by atoms with van der Waals surface area (Å²) in [6.07, 6.45) is 2.21. The molecule has 0 saturated heterocycles. The first kappa shape index (κ1) is 16.0. The van der Waals surface area contributed by atoms with E-state index in [0.717, 1.165) is 37.4 Å². The summed E-state index contributed by atoms with van der Waals surface area (Å²) >= 11 is 1.82. The van der Waals surface area contributed by atoms with Crippen molar-refractivity contribution in [2.24, 2.45) is 0 Å². The lowest BCUT2D eigenvalue weighted by Crippen LogP contribution is -2.31. The zero-order valence-electron chi connectivity index (χ0n) is 13.2. The molecule has 4 heteroatoms. The smallest absolute Gasteiger partial charge is 0.128 e. The van der Waals surface area contributed by atoms with E-state index in [1.807, 2.05) is 11.3 Å². The molecule has 0 fully saturated rings. The van der Waals surface area contributed by atoms with Crippen LogP contribution in [-0.2, 0) is 13.0 Å². The summed E-state index contributed by atoms with van der Waals surface area (Å²) in [5, 5.41) is 5.54. The summed E-state index contributed by atoms with van der Waals surface area (Å²) < 4.78 is 0. The van der Waals surface area contributed by atoms with E-state index in [1.165, 1.54) is 4.88 Å². The number of nitrogens with one attached hydrogen (secondary N) is 1. The van der Waals surface area contributed by atoms with Gasteiger partial charge in [0.1, 0.15) is 5.82 Å². The molecule has 0 saturated carbocycles. The Hall–Kier alpha value is -1.39. The minimum absolute atomic E-state index is 0.440. The molecule has 1 unspecified atom stereocenters. The topological polar surface area (TPSA) is 28.2 Å². The van der Waals surface area contributed by atoms with Crippen LogP contribution in [0.4, 0.5) is 5.82 Å². The Morgan fingerprint density at radius 1 is 1.29 bits per heavy atom. The Morgan fingerprint density at radius 3 is 2.86 bits per heavy atom. The molecule has 0 radical (unpaired) electrons. The standard InChI is InChI=1S/C17H25N3S/c1-4-10-18-13-15-7-5-9-17(19-15)20(3)14(2)12-16-8-6-11-21-16/h5-9,11,14,18H,4,10,12-13H2,1-3H3. The van der Waals surface area contributed by atoms with Crippen LogP contribution in [0.25, 0.3) is 0 Å². The molecule has 0 amide bonds. The van der Waals surface area contributed by atoms with Crippen molar-refractivity contribution in [3.63, 3.8) is 0 Å². The minimum atomic E-state index is 0.440. The molecule has 0 aliphatic rings. The Morgan fingerprint density at radius 2 is 2.14 bits per heavy atom. The highest BCUT2D eigenvalue weighted by Gasteiger charge is 2.12. The molecule has 114 valence electrons. The first-order valence-electron chi connectivity index (χ1n) is 7.62. The maximum Gasteiger partial charge on any atom is 0.128 e. The Balaban J connectivity index is 1.97. The van der Waals surface area contributed by atoms with Crippen molar-refractivity contribution in [3.8, 4) is 0 Å². The summed E-state index contributed by atoms with van der Waals surface area (Å²) in [5.74, 6) is 1.05. The fraction of sp³-hybridized carbons (Fsp3) is 0.471. The lowest BCUT2D eigenvalue weighted by atomic mass is 10.2. The van der Waals surface area contributed by atoms with Crippen LogP contribution in [0.15, 0.2) is 35.7 Å². The molecule has 2 rings (SSSR count). The second-order valence-corrected chi connectivity index (χ2v) is 6.44. The third-order valence-electron chi connectivity index (χ3n) is 3.62. The molecule has 2 heterocycles. The van der Waals surface area contributed by atoms with E-state index in [-0.39, 0.29) is 0 Å². The highest BCUT2D eigenvalue weighted by molar-refractivity contribution is 7.09. The van der Waals surface area contributed by atoms with Crippen molar-refractivity contribution in [2.45, 2.75) is 39.3 Å². The molecule has 0 bridgehead atoms. The number of hydrogen-bond donors (Lipinski definition) is 1. The van der Waals surface area contributed by atoms with Gasteiger partial charge in [-0.05, 0) is 43.5 Å². The average Bonchev–Trinajstić information content (AvgIpc) is 3.00. The van der Waals surface area contributed by atoms with Crippen molar-refractivity contribution in [1.82, 2.24) is 10.3 Å². The number of rotatable bonds is 8. The monoisotopic (exact) mass is 303 g/mol. The number of thiophene rings is 1. The minimum Gasteiger partial charge on any atom is -0.357 e. The second kappa shape index (κ2) is 8.15. The van der Waals surface area contributed by atoms with E-state index in [2.05, 4.69) is 66.8 Å². The molecular weight excluding hydrogens is 278 g/mol. The maximum absolute atomic E-state index is 4.76. The predicted octanol–water partition coefficient (Wildman–Crippen LogP) is 3.71. The molecule has 0 spiro atoms. The van der Waals surface area contributed by atoms with Crippen LogP contribution in [0.5, 0.6) is 0 Å². The van der Waals surface area contributed by atoms with Gasteiger partial charge in [-0.15, -0.1) is 11.3 Å². The van der Waals surface area contributed by atoms with Gasteiger partial charge in [0.2, 0.25) is 0 Å². The van der Waals surface area contributed by atoms with Crippen LogP contribution in [0.2, 0.25) is 0 Å². The van der Waals surface area contributed by atoms with Crippen LogP contribution in [0, 0.1) is 0 Å². The van der Waals surface area contributed by atoms with Crippen LogP contribution >= 0.6 is 11.3 Å². The van der Waals surface area contributed by atoms with Gasteiger partial charge in [-0.1, -0.05) is 19.1 Å². The molecule has 2 aromatic heterocycles. The molecule has 1 atom stereocenters. The largest absolute Gasteiger partial charge is 0.357 e. The number of hydrogen-bond acceptors (Lipinski definition) is 4. The van der Waals surface area contributed by atoms with Gasteiger partial charge in [0.05, 0.1) is 5.69 Å². The molecule has 0 aliphatic heterocycles. The fourth-order valence-electron chi connectivity index (χ4n) is 2.24. The van der Waals surface area contributed by atoms with Crippen LogP contribution < -0.4 is 10.2 Å². The van der Waals surface area contributed by atoms with Crippen molar-refractivity contribution >= 4 is 17.2 Å². The van der Waals surface area contributed by atoms with E-state index < -0.39 is 0 Å². The molecular formula is C17H25N3S. The molecule has 21 heavy (non-hydrogen) atoms. The van der Waals surface area contributed by atoms with E-state index >= 15 is 0 Å². The van der Waals surface area contributed by atoms with E-state index in [1.54, 1.807) is 0 Å². The lowest BCUT2D eigenvalue weighted by molar-refractivity contribution is 0.654. The Labute approximate surface area is 132 Å². The van der Waals surface area contributed by atoms with Crippen molar-refractivity contribution in [1.29, 1.82) is 0 Å². The van der Waals surface area contributed by atoms with E-state index in [9.17, 15) is 0 Å². The molecule has 1 N–H and O–H groups in total. The molecule has 0 aromatic carbocycles. The van der Waals surface area contributed by atoms with Gasteiger partial charge >= 0.3 is 0 Å². The van der Waals surface area contributed by atoms with Crippen LogP contribution in [0.1, 0.15) is 30.8 Å². The highest BCUT2D eigenvalue weighted by Crippen LogP contribution is 2.18. The number of pyridine rings is 1. The fourth-order valence-corrected chi connectivity index (χ4v) is 3.06. The normalized spacial score (nSPS) is 12.3. The SMILES string of the molecule is CCCNCc1cccc(N(C)C(C)Cc2cccs2)n1. The van der Waals surface area contributed by atoms with Crippen LogP contribution in [-0.4, -0.2) is 24.6 Å². The van der Waals surface area contributed by atoms with Gasteiger partial charge in [-0.2, -0.15) is 0 Å². The van der Waals surface area contributed by atoms with Gasteiger partial charge in [0.15, 0.2) is 0 Å². The summed E-state index contributed by atoms with van der Waals surface area (Å²) in [7, 11) is 2.13. The van der Waals surface area contributed by atoms with E-state index in [0.29, 0.717) is 6.04 Å². The Kier molecular flexibility index (Phi) is 6.21. The predicted molar refractivity (Wildman–Crippen MR) is 92.1 cm³/mol. The number of aromatic nitrogens is 1. The van der Waals surface area contributed by atoms with E-state index in [4.69, 9.17) is 4.98 Å². The van der Waals surface area contributed by atoms with Gasteiger partial charge in [-0.3, -0.25) is 0 Å². The highest BCUT2D eigenvalue weighted by atomic mass is 32.1. The lowest BCUT2D eigenvalue weighted by Gasteiger charge is -2.26. The van der Waals surface area contributed by atoms with Crippen molar-refractivity contribution < 1.29 is 0 Å². The van der Waals surface area contributed by atoms with Gasteiger partial charge in [0.25, 0.3) is 0 Å². The molecule has 2 aromatic rings. The number of nitrogens with zero attached hydrogens (tertiary/aromatic N) is 2.